The van der Waals surface area contributed by atoms with E-state index >= 15 is 0 Å². The molecule has 7 nitrogen and oxygen atoms in total. The maximum Gasteiger partial charge on any atom is 0.262 e. The molecule has 0 spiro atoms. The van der Waals surface area contributed by atoms with Crippen LogP contribution in [0.4, 0.5) is 5.88 Å². The number of benzene rings is 1. The number of carbonyl (C=O) groups is 1. The molecule has 0 aliphatic heterocycles. The molecule has 1 N–H and O–H groups in total. The van der Waals surface area contributed by atoms with Crippen LogP contribution in [0.1, 0.15) is 40.3 Å². The summed E-state index contributed by atoms with van der Waals surface area (Å²) in [5.74, 6) is 0.407. The predicted octanol–water partition coefficient (Wildman–Crippen LogP) is 4.83. The second-order valence-corrected chi connectivity index (χ2v) is 10.4. The fourth-order valence-corrected chi connectivity index (χ4v) is 3.97. The van der Waals surface area contributed by atoms with Gasteiger partial charge >= 0.3 is 0 Å². The van der Waals surface area contributed by atoms with Crippen molar-refractivity contribution in [3.8, 4) is 0 Å². The highest BCUT2D eigenvalue weighted by Crippen LogP contribution is 2.25. The molecule has 1 aromatic carbocycles. The molecule has 0 bridgehead atoms. The Morgan fingerprint density at radius 3 is 2.67 bits per heavy atom. The lowest BCUT2D eigenvalue weighted by Gasteiger charge is -2.15. The number of carbonyl (C=O) groups excluding carboxylic acids is 1. The van der Waals surface area contributed by atoms with Crippen LogP contribution in [0, 0.1) is 5.92 Å². The number of nitrogens with zero attached hydrogens (tertiary/aromatic N) is 3. The summed E-state index contributed by atoms with van der Waals surface area (Å²) in [5.41, 5.74) is 1.09. The standard InChI is InChI=1S/C21H25BrN4O3S/c1-12(2)10-26-19(28)14-8-13(22)6-7-15(14)23-20(26)30-11-17(27)24-18-9-16(25-29-18)21(3,4)5/h6-9,12H,10-11H2,1-5H3,(H,24,27). The lowest BCUT2D eigenvalue weighted by molar-refractivity contribution is -0.113. The molecule has 160 valence electrons. The summed E-state index contributed by atoms with van der Waals surface area (Å²) in [4.78, 5) is 30.1. The Hall–Kier alpha value is -2.13. The Morgan fingerprint density at radius 2 is 2.03 bits per heavy atom. The van der Waals surface area contributed by atoms with E-state index < -0.39 is 0 Å². The van der Waals surface area contributed by atoms with Gasteiger partial charge in [0.1, 0.15) is 0 Å². The van der Waals surface area contributed by atoms with Crippen LogP contribution < -0.4 is 10.9 Å². The van der Waals surface area contributed by atoms with Gasteiger partial charge in [-0.3, -0.25) is 19.5 Å². The van der Waals surface area contributed by atoms with E-state index in [9.17, 15) is 9.59 Å². The maximum atomic E-state index is 13.0. The number of rotatable bonds is 6. The van der Waals surface area contributed by atoms with Gasteiger partial charge in [0, 0.05) is 22.5 Å². The number of thioether (sulfide) groups is 1. The third kappa shape index (κ3) is 5.31. The minimum atomic E-state index is -0.252. The van der Waals surface area contributed by atoms with E-state index in [2.05, 4.69) is 31.4 Å². The van der Waals surface area contributed by atoms with E-state index in [-0.39, 0.29) is 28.6 Å². The molecule has 2 aromatic heterocycles. The van der Waals surface area contributed by atoms with Crippen molar-refractivity contribution in [2.45, 2.75) is 51.7 Å². The van der Waals surface area contributed by atoms with E-state index in [4.69, 9.17) is 4.52 Å². The Balaban J connectivity index is 1.80. The molecule has 0 unspecified atom stereocenters. The molecule has 30 heavy (non-hydrogen) atoms. The van der Waals surface area contributed by atoms with Crippen molar-refractivity contribution in [3.63, 3.8) is 0 Å². The molecule has 0 saturated heterocycles. The van der Waals surface area contributed by atoms with Crippen LogP contribution in [0.5, 0.6) is 0 Å². The zero-order chi connectivity index (χ0) is 22.1. The second-order valence-electron chi connectivity index (χ2n) is 8.53. The highest BCUT2D eigenvalue weighted by atomic mass is 79.9. The first-order valence-electron chi connectivity index (χ1n) is 9.64. The number of halogens is 1. The van der Waals surface area contributed by atoms with E-state index in [0.29, 0.717) is 28.5 Å². The molecule has 1 amide bonds. The first-order chi connectivity index (χ1) is 14.0. The monoisotopic (exact) mass is 492 g/mol. The molecular formula is C21H25BrN4O3S. The van der Waals surface area contributed by atoms with Crippen LogP contribution in [0.3, 0.4) is 0 Å². The van der Waals surface area contributed by atoms with Crippen molar-refractivity contribution in [1.82, 2.24) is 14.7 Å². The van der Waals surface area contributed by atoms with Crippen molar-refractivity contribution < 1.29 is 9.32 Å². The minimum absolute atomic E-state index is 0.0954. The summed E-state index contributed by atoms with van der Waals surface area (Å²) < 4.78 is 7.68. The van der Waals surface area contributed by atoms with Crippen molar-refractivity contribution in [3.05, 3.63) is 44.8 Å². The van der Waals surface area contributed by atoms with Crippen molar-refractivity contribution in [2.75, 3.05) is 11.1 Å². The minimum Gasteiger partial charge on any atom is -0.338 e. The van der Waals surface area contributed by atoms with Gasteiger partial charge in [-0.25, -0.2) is 4.98 Å². The Bertz CT molecular complexity index is 1130. The third-order valence-corrected chi connectivity index (χ3v) is 5.77. The number of anilines is 1. The first kappa shape index (κ1) is 22.6. The highest BCUT2D eigenvalue weighted by Gasteiger charge is 2.20. The van der Waals surface area contributed by atoms with Gasteiger partial charge in [-0.05, 0) is 24.1 Å². The summed E-state index contributed by atoms with van der Waals surface area (Å²) in [5, 5.41) is 7.79. The molecule has 9 heteroatoms. The number of fused-ring (bicyclic) bond motifs is 1. The van der Waals surface area contributed by atoms with Crippen LogP contribution in [-0.2, 0) is 16.8 Å². The highest BCUT2D eigenvalue weighted by molar-refractivity contribution is 9.10. The van der Waals surface area contributed by atoms with Crippen molar-refractivity contribution in [2.24, 2.45) is 5.92 Å². The van der Waals surface area contributed by atoms with E-state index in [1.165, 1.54) is 11.8 Å². The van der Waals surface area contributed by atoms with Gasteiger partial charge in [0.15, 0.2) is 5.16 Å². The van der Waals surface area contributed by atoms with E-state index in [1.807, 2.05) is 40.7 Å². The number of amides is 1. The summed E-state index contributed by atoms with van der Waals surface area (Å²) >= 11 is 4.64. The molecular weight excluding hydrogens is 468 g/mol. The van der Waals surface area contributed by atoms with Crippen LogP contribution in [-0.4, -0.2) is 26.4 Å². The lowest BCUT2D eigenvalue weighted by atomic mass is 9.92. The van der Waals surface area contributed by atoms with Gasteiger partial charge in [0.25, 0.3) is 5.56 Å². The molecule has 0 radical (unpaired) electrons. The second kappa shape index (κ2) is 8.93. The topological polar surface area (TPSA) is 90.0 Å². The predicted molar refractivity (Wildman–Crippen MR) is 123 cm³/mol. The summed E-state index contributed by atoms with van der Waals surface area (Å²) in [6.45, 7) is 10.7. The molecule has 0 aliphatic carbocycles. The molecule has 0 saturated carbocycles. The Kier molecular flexibility index (Phi) is 6.71. The summed E-state index contributed by atoms with van der Waals surface area (Å²) in [6.07, 6.45) is 0. The van der Waals surface area contributed by atoms with Crippen LogP contribution >= 0.6 is 27.7 Å². The average Bonchev–Trinajstić information content (AvgIpc) is 3.12. The normalized spacial score (nSPS) is 12.0. The van der Waals surface area contributed by atoms with Gasteiger partial charge in [-0.2, -0.15) is 0 Å². The summed E-state index contributed by atoms with van der Waals surface area (Å²) in [7, 11) is 0. The quantitative estimate of drug-likeness (QED) is 0.391. The zero-order valence-corrected chi connectivity index (χ0v) is 20.1. The van der Waals surface area contributed by atoms with Gasteiger partial charge in [-0.15, -0.1) is 0 Å². The number of hydrogen-bond donors (Lipinski definition) is 1. The molecule has 0 fully saturated rings. The first-order valence-corrected chi connectivity index (χ1v) is 11.4. The molecule has 0 atom stereocenters. The van der Waals surface area contributed by atoms with Crippen LogP contribution in [0.2, 0.25) is 0 Å². The molecule has 3 rings (SSSR count). The molecule has 3 aromatic rings. The smallest absolute Gasteiger partial charge is 0.262 e. The van der Waals surface area contributed by atoms with Crippen LogP contribution in [0.15, 0.2) is 43.2 Å². The van der Waals surface area contributed by atoms with Crippen molar-refractivity contribution in [1.29, 1.82) is 0 Å². The fraction of sp³-hybridized carbons (Fsp3) is 0.429. The molecule has 2 heterocycles. The lowest BCUT2D eigenvalue weighted by Crippen LogP contribution is -2.26. The molecule has 0 aliphatic rings. The van der Waals surface area contributed by atoms with Gasteiger partial charge < -0.3 is 4.52 Å². The number of hydrogen-bond acceptors (Lipinski definition) is 6. The largest absolute Gasteiger partial charge is 0.338 e. The van der Waals surface area contributed by atoms with Gasteiger partial charge in [0.05, 0.1) is 22.3 Å². The maximum absolute atomic E-state index is 13.0. The number of aromatic nitrogens is 3. The SMILES string of the molecule is CC(C)Cn1c(SCC(=O)Nc2cc(C(C)(C)C)no2)nc2ccc(Br)cc2c1=O. The average molecular weight is 493 g/mol. The van der Waals surface area contributed by atoms with E-state index in [1.54, 1.807) is 22.8 Å². The van der Waals surface area contributed by atoms with Crippen LogP contribution in [0.25, 0.3) is 10.9 Å². The Labute approximate surface area is 187 Å². The van der Waals surface area contributed by atoms with Gasteiger partial charge in [0.2, 0.25) is 11.8 Å². The Morgan fingerprint density at radius 1 is 1.30 bits per heavy atom. The fourth-order valence-electron chi connectivity index (χ4n) is 2.80. The third-order valence-electron chi connectivity index (χ3n) is 4.30. The number of nitrogens with one attached hydrogen (secondary N) is 1. The summed E-state index contributed by atoms with van der Waals surface area (Å²) in [6, 6.07) is 7.15. The van der Waals surface area contributed by atoms with Gasteiger partial charge in [-0.1, -0.05) is 67.5 Å². The van der Waals surface area contributed by atoms with E-state index in [0.717, 1.165) is 10.2 Å². The zero-order valence-electron chi connectivity index (χ0n) is 17.7. The van der Waals surface area contributed by atoms with Crippen molar-refractivity contribution >= 4 is 50.4 Å².